The van der Waals surface area contributed by atoms with Gasteiger partial charge in [0, 0.05) is 19.1 Å². The van der Waals surface area contributed by atoms with Gasteiger partial charge in [0.2, 0.25) is 0 Å². The SMILES string of the molecule is CCC1CCC(NN2CCCCC2)CC1. The summed E-state index contributed by atoms with van der Waals surface area (Å²) in [5, 5.41) is 2.47. The van der Waals surface area contributed by atoms with Crippen LogP contribution in [0.1, 0.15) is 58.3 Å². The number of nitrogens with zero attached hydrogens (tertiary/aromatic N) is 1. The Morgan fingerprint density at radius 2 is 1.67 bits per heavy atom. The molecule has 2 fully saturated rings. The first kappa shape index (κ1) is 11.4. The fourth-order valence-corrected chi connectivity index (χ4v) is 2.98. The van der Waals surface area contributed by atoms with E-state index in [2.05, 4.69) is 17.4 Å². The Morgan fingerprint density at radius 1 is 1.00 bits per heavy atom. The van der Waals surface area contributed by atoms with E-state index >= 15 is 0 Å². The van der Waals surface area contributed by atoms with Crippen LogP contribution in [0.4, 0.5) is 0 Å². The van der Waals surface area contributed by atoms with Crippen LogP contribution in [0.5, 0.6) is 0 Å². The van der Waals surface area contributed by atoms with Crippen molar-refractivity contribution in [2.24, 2.45) is 5.92 Å². The van der Waals surface area contributed by atoms with Crippen molar-refractivity contribution in [1.29, 1.82) is 0 Å². The molecular formula is C13H26N2. The molecule has 2 nitrogen and oxygen atoms in total. The molecule has 2 rings (SSSR count). The Hall–Kier alpha value is -0.0800. The fraction of sp³-hybridized carbons (Fsp3) is 1.00. The fourth-order valence-electron chi connectivity index (χ4n) is 2.98. The molecule has 0 aromatic carbocycles. The van der Waals surface area contributed by atoms with E-state index in [9.17, 15) is 0 Å². The minimum absolute atomic E-state index is 0.783. The Balaban J connectivity index is 1.67. The first-order chi connectivity index (χ1) is 7.38. The topological polar surface area (TPSA) is 15.3 Å². The van der Waals surface area contributed by atoms with Crippen LogP contribution in [0.25, 0.3) is 0 Å². The average Bonchev–Trinajstić information content (AvgIpc) is 2.31. The zero-order valence-electron chi connectivity index (χ0n) is 10.2. The van der Waals surface area contributed by atoms with Gasteiger partial charge in [0.25, 0.3) is 0 Å². The van der Waals surface area contributed by atoms with Gasteiger partial charge in [0.05, 0.1) is 0 Å². The molecular weight excluding hydrogens is 184 g/mol. The Bertz CT molecular complexity index is 167. The Kier molecular flexibility index (Phi) is 4.45. The predicted molar refractivity (Wildman–Crippen MR) is 64.6 cm³/mol. The van der Waals surface area contributed by atoms with Crippen LogP contribution in [0, 0.1) is 5.92 Å². The highest BCUT2D eigenvalue weighted by Crippen LogP contribution is 2.26. The molecule has 0 aromatic heterocycles. The molecule has 1 aliphatic carbocycles. The third-order valence-corrected chi connectivity index (χ3v) is 4.15. The third-order valence-electron chi connectivity index (χ3n) is 4.15. The normalized spacial score (nSPS) is 34.2. The summed E-state index contributed by atoms with van der Waals surface area (Å²) < 4.78 is 0. The van der Waals surface area contributed by atoms with Gasteiger partial charge in [-0.3, -0.25) is 5.43 Å². The van der Waals surface area contributed by atoms with Crippen molar-refractivity contribution in [2.45, 2.75) is 64.3 Å². The standard InChI is InChI=1S/C13H26N2/c1-2-12-6-8-13(9-7-12)14-15-10-4-3-5-11-15/h12-14H,2-11H2,1H3. The Morgan fingerprint density at radius 3 is 2.27 bits per heavy atom. The first-order valence-corrected chi connectivity index (χ1v) is 6.89. The second-order valence-corrected chi connectivity index (χ2v) is 5.30. The van der Waals surface area contributed by atoms with E-state index in [1.54, 1.807) is 0 Å². The van der Waals surface area contributed by atoms with E-state index in [0.717, 1.165) is 12.0 Å². The van der Waals surface area contributed by atoms with Crippen LogP contribution in [0.3, 0.4) is 0 Å². The van der Waals surface area contributed by atoms with Crippen LogP contribution >= 0.6 is 0 Å². The van der Waals surface area contributed by atoms with E-state index in [1.807, 2.05) is 0 Å². The van der Waals surface area contributed by atoms with E-state index < -0.39 is 0 Å². The molecule has 2 aliphatic rings. The molecule has 0 spiro atoms. The van der Waals surface area contributed by atoms with E-state index in [-0.39, 0.29) is 0 Å². The van der Waals surface area contributed by atoms with Gasteiger partial charge in [-0.2, -0.15) is 0 Å². The first-order valence-electron chi connectivity index (χ1n) is 6.89. The van der Waals surface area contributed by atoms with Gasteiger partial charge in [0.15, 0.2) is 0 Å². The van der Waals surface area contributed by atoms with Crippen molar-refractivity contribution in [3.8, 4) is 0 Å². The van der Waals surface area contributed by atoms with E-state index in [0.29, 0.717) is 0 Å². The van der Waals surface area contributed by atoms with E-state index in [1.165, 1.54) is 64.5 Å². The molecule has 0 bridgehead atoms. The number of rotatable bonds is 3. The zero-order chi connectivity index (χ0) is 10.5. The summed E-state index contributed by atoms with van der Waals surface area (Å²) in [4.78, 5) is 0. The number of hydrogen-bond acceptors (Lipinski definition) is 2. The number of hydrogen-bond donors (Lipinski definition) is 1. The highest BCUT2D eigenvalue weighted by molar-refractivity contribution is 4.76. The summed E-state index contributed by atoms with van der Waals surface area (Å²) in [5.74, 6) is 1.02. The minimum Gasteiger partial charge on any atom is -0.252 e. The van der Waals surface area contributed by atoms with Crippen molar-refractivity contribution in [3.05, 3.63) is 0 Å². The molecule has 88 valence electrons. The van der Waals surface area contributed by atoms with Gasteiger partial charge in [-0.25, -0.2) is 5.01 Å². The van der Waals surface area contributed by atoms with E-state index in [4.69, 9.17) is 0 Å². The lowest BCUT2D eigenvalue weighted by molar-refractivity contribution is 0.106. The molecule has 0 radical (unpaired) electrons. The molecule has 0 unspecified atom stereocenters. The van der Waals surface area contributed by atoms with Crippen LogP contribution in [0.15, 0.2) is 0 Å². The zero-order valence-corrected chi connectivity index (χ0v) is 10.2. The monoisotopic (exact) mass is 210 g/mol. The second kappa shape index (κ2) is 5.86. The number of nitrogens with one attached hydrogen (secondary N) is 1. The molecule has 1 heterocycles. The third kappa shape index (κ3) is 3.46. The molecule has 15 heavy (non-hydrogen) atoms. The lowest BCUT2D eigenvalue weighted by atomic mass is 9.85. The molecule has 1 saturated heterocycles. The van der Waals surface area contributed by atoms with Crippen molar-refractivity contribution in [3.63, 3.8) is 0 Å². The predicted octanol–water partition coefficient (Wildman–Crippen LogP) is 2.95. The van der Waals surface area contributed by atoms with Crippen molar-refractivity contribution in [2.75, 3.05) is 13.1 Å². The quantitative estimate of drug-likeness (QED) is 0.770. The summed E-state index contributed by atoms with van der Waals surface area (Å²) in [5.41, 5.74) is 3.74. The molecule has 0 aromatic rings. The molecule has 0 amide bonds. The van der Waals surface area contributed by atoms with Crippen LogP contribution in [-0.4, -0.2) is 24.1 Å². The van der Waals surface area contributed by atoms with Crippen LogP contribution in [-0.2, 0) is 0 Å². The highest BCUT2D eigenvalue weighted by atomic mass is 15.5. The second-order valence-electron chi connectivity index (χ2n) is 5.30. The average molecular weight is 210 g/mol. The van der Waals surface area contributed by atoms with Gasteiger partial charge in [0.1, 0.15) is 0 Å². The maximum atomic E-state index is 3.74. The summed E-state index contributed by atoms with van der Waals surface area (Å²) in [6.45, 7) is 4.88. The molecule has 1 N–H and O–H groups in total. The lowest BCUT2D eigenvalue weighted by Gasteiger charge is -2.35. The number of hydrazine groups is 1. The lowest BCUT2D eigenvalue weighted by Crippen LogP contribution is -2.48. The molecule has 1 aliphatic heterocycles. The number of piperidine rings is 1. The summed E-state index contributed by atoms with van der Waals surface area (Å²) in [6.07, 6.45) is 11.3. The van der Waals surface area contributed by atoms with Gasteiger partial charge in [-0.05, 0) is 44.4 Å². The molecule has 0 atom stereocenters. The minimum atomic E-state index is 0.783. The Labute approximate surface area is 94.4 Å². The van der Waals surface area contributed by atoms with Gasteiger partial charge >= 0.3 is 0 Å². The van der Waals surface area contributed by atoms with Gasteiger partial charge in [-0.1, -0.05) is 19.8 Å². The largest absolute Gasteiger partial charge is 0.252 e. The van der Waals surface area contributed by atoms with Crippen molar-refractivity contribution in [1.82, 2.24) is 10.4 Å². The smallest absolute Gasteiger partial charge is 0.0215 e. The van der Waals surface area contributed by atoms with Gasteiger partial charge in [-0.15, -0.1) is 0 Å². The van der Waals surface area contributed by atoms with Crippen molar-refractivity contribution < 1.29 is 0 Å². The summed E-state index contributed by atoms with van der Waals surface area (Å²) in [6, 6.07) is 0.783. The summed E-state index contributed by atoms with van der Waals surface area (Å²) >= 11 is 0. The van der Waals surface area contributed by atoms with Crippen molar-refractivity contribution >= 4 is 0 Å². The summed E-state index contributed by atoms with van der Waals surface area (Å²) in [7, 11) is 0. The van der Waals surface area contributed by atoms with Gasteiger partial charge < -0.3 is 0 Å². The molecule has 1 saturated carbocycles. The van der Waals surface area contributed by atoms with Crippen LogP contribution < -0.4 is 5.43 Å². The highest BCUT2D eigenvalue weighted by Gasteiger charge is 2.21. The van der Waals surface area contributed by atoms with Crippen LogP contribution in [0.2, 0.25) is 0 Å². The maximum Gasteiger partial charge on any atom is 0.0215 e. The maximum absolute atomic E-state index is 3.74. The molecule has 2 heteroatoms.